The topological polar surface area (TPSA) is 57.1 Å². The third kappa shape index (κ3) is 4.25. The average molecular weight is 432 g/mol. The van der Waals surface area contributed by atoms with E-state index in [-0.39, 0.29) is 17.4 Å². The Bertz CT molecular complexity index is 951. The molecule has 0 aliphatic carbocycles. The third-order valence-corrected chi connectivity index (χ3v) is 4.20. The lowest BCUT2D eigenvalue weighted by Crippen LogP contribution is -2.05. The Morgan fingerprint density at radius 2 is 2.04 bits per heavy atom. The van der Waals surface area contributed by atoms with E-state index in [4.69, 9.17) is 14.2 Å². The second-order valence-corrected chi connectivity index (χ2v) is 6.33. The van der Waals surface area contributed by atoms with Gasteiger partial charge in [-0.25, -0.2) is 14.2 Å². The van der Waals surface area contributed by atoms with E-state index in [0.717, 1.165) is 0 Å². The van der Waals surface area contributed by atoms with E-state index >= 15 is 0 Å². The normalized spacial score (nSPS) is 14.7. The molecule has 0 N–H and O–H groups in total. The largest absolute Gasteiger partial charge is 0.493 e. The lowest BCUT2D eigenvalue weighted by atomic mass is 10.1. The zero-order valence-corrected chi connectivity index (χ0v) is 16.0. The van der Waals surface area contributed by atoms with Crippen molar-refractivity contribution >= 4 is 33.9 Å². The van der Waals surface area contributed by atoms with Crippen molar-refractivity contribution in [3.8, 4) is 11.5 Å². The number of esters is 1. The molecule has 0 spiro atoms. The fourth-order valence-corrected chi connectivity index (χ4v) is 2.96. The smallest absolute Gasteiger partial charge is 0.363 e. The summed E-state index contributed by atoms with van der Waals surface area (Å²) in [7, 11) is 1.52. The number of hydrogen-bond acceptors (Lipinski definition) is 5. The van der Waals surface area contributed by atoms with Crippen LogP contribution in [0.3, 0.4) is 0 Å². The number of carbonyl (C=O) groups excluding carboxylic acids is 1. The number of benzene rings is 2. The summed E-state index contributed by atoms with van der Waals surface area (Å²) >= 11 is 3.43. The molecule has 0 saturated heterocycles. The van der Waals surface area contributed by atoms with Crippen LogP contribution < -0.4 is 9.47 Å². The van der Waals surface area contributed by atoms with Crippen molar-refractivity contribution in [1.82, 2.24) is 0 Å². The van der Waals surface area contributed by atoms with Crippen molar-refractivity contribution in [1.29, 1.82) is 0 Å². The van der Waals surface area contributed by atoms with Gasteiger partial charge in [0.1, 0.15) is 12.4 Å². The molecule has 2 aromatic carbocycles. The minimum Gasteiger partial charge on any atom is -0.493 e. The Hall–Kier alpha value is -2.93. The molecule has 1 aliphatic heterocycles. The van der Waals surface area contributed by atoms with Crippen LogP contribution in [0.5, 0.6) is 11.5 Å². The van der Waals surface area contributed by atoms with E-state index in [2.05, 4.69) is 27.5 Å². The number of hydrogen-bond donors (Lipinski definition) is 0. The van der Waals surface area contributed by atoms with E-state index in [1.165, 1.54) is 31.4 Å². The van der Waals surface area contributed by atoms with E-state index in [1.807, 2.05) is 0 Å². The molecule has 0 radical (unpaired) electrons. The zero-order chi connectivity index (χ0) is 19.4. The molecule has 27 heavy (non-hydrogen) atoms. The van der Waals surface area contributed by atoms with Crippen LogP contribution in [0.25, 0.3) is 6.08 Å². The SMILES string of the molecule is C=CCOc1c(Br)cc(/C=C2\N=C(c3ccc(F)cc3)OC2=O)cc1OC. The number of ether oxygens (including phenoxy) is 3. The Balaban J connectivity index is 1.93. The number of carbonyl (C=O) groups is 1. The van der Waals surface area contributed by atoms with Crippen LogP contribution in [0.2, 0.25) is 0 Å². The van der Waals surface area contributed by atoms with Crippen molar-refractivity contribution < 1.29 is 23.4 Å². The van der Waals surface area contributed by atoms with Crippen molar-refractivity contribution in [2.24, 2.45) is 4.99 Å². The van der Waals surface area contributed by atoms with Crippen molar-refractivity contribution in [2.75, 3.05) is 13.7 Å². The Labute approximate surface area is 163 Å². The van der Waals surface area contributed by atoms with Gasteiger partial charge in [-0.05, 0) is 64.0 Å². The van der Waals surface area contributed by atoms with Gasteiger partial charge >= 0.3 is 5.97 Å². The summed E-state index contributed by atoms with van der Waals surface area (Å²) in [5, 5.41) is 0. The van der Waals surface area contributed by atoms with Gasteiger partial charge in [0, 0.05) is 5.56 Å². The average Bonchev–Trinajstić information content (AvgIpc) is 3.01. The maximum absolute atomic E-state index is 13.0. The third-order valence-electron chi connectivity index (χ3n) is 3.61. The number of halogens is 2. The van der Waals surface area contributed by atoms with Crippen LogP contribution in [-0.2, 0) is 9.53 Å². The van der Waals surface area contributed by atoms with Crippen molar-refractivity contribution in [3.05, 3.63) is 76.2 Å². The van der Waals surface area contributed by atoms with Crippen LogP contribution in [-0.4, -0.2) is 25.6 Å². The summed E-state index contributed by atoms with van der Waals surface area (Å²) in [4.78, 5) is 16.3. The molecule has 1 aliphatic rings. The molecule has 0 unspecified atom stereocenters. The van der Waals surface area contributed by atoms with Crippen LogP contribution in [0.1, 0.15) is 11.1 Å². The fourth-order valence-electron chi connectivity index (χ4n) is 2.39. The van der Waals surface area contributed by atoms with Crippen LogP contribution >= 0.6 is 15.9 Å². The van der Waals surface area contributed by atoms with Gasteiger partial charge in [-0.15, -0.1) is 0 Å². The van der Waals surface area contributed by atoms with Gasteiger partial charge < -0.3 is 14.2 Å². The van der Waals surface area contributed by atoms with Crippen LogP contribution in [0.15, 0.2) is 64.2 Å². The zero-order valence-electron chi connectivity index (χ0n) is 14.4. The second-order valence-electron chi connectivity index (χ2n) is 5.48. The molecular formula is C20H15BrFNO4. The summed E-state index contributed by atoms with van der Waals surface area (Å²) in [5.41, 5.74) is 1.31. The molecule has 1 heterocycles. The second kappa shape index (κ2) is 8.18. The summed E-state index contributed by atoms with van der Waals surface area (Å²) in [6.45, 7) is 3.94. The first-order valence-corrected chi connectivity index (χ1v) is 8.71. The summed E-state index contributed by atoms with van der Waals surface area (Å²) in [6.07, 6.45) is 3.20. The molecule has 0 amide bonds. The monoisotopic (exact) mass is 431 g/mol. The quantitative estimate of drug-likeness (QED) is 0.383. The highest BCUT2D eigenvalue weighted by Crippen LogP contribution is 2.37. The Kier molecular flexibility index (Phi) is 5.71. The van der Waals surface area contributed by atoms with E-state index in [0.29, 0.717) is 33.7 Å². The van der Waals surface area contributed by atoms with Gasteiger partial charge in [0.2, 0.25) is 5.90 Å². The first kappa shape index (κ1) is 18.8. The molecule has 138 valence electrons. The van der Waals surface area contributed by atoms with Gasteiger partial charge in [0.15, 0.2) is 17.2 Å². The molecule has 0 atom stereocenters. The van der Waals surface area contributed by atoms with Crippen LogP contribution in [0.4, 0.5) is 4.39 Å². The van der Waals surface area contributed by atoms with Gasteiger partial charge in [0.25, 0.3) is 0 Å². The van der Waals surface area contributed by atoms with Gasteiger partial charge in [0.05, 0.1) is 11.6 Å². The number of nitrogens with zero attached hydrogens (tertiary/aromatic N) is 1. The van der Waals surface area contributed by atoms with E-state index in [9.17, 15) is 9.18 Å². The minimum atomic E-state index is -0.587. The first-order chi connectivity index (χ1) is 13.0. The lowest BCUT2D eigenvalue weighted by molar-refractivity contribution is -0.129. The maximum atomic E-state index is 13.0. The van der Waals surface area contributed by atoms with Crippen LogP contribution in [0, 0.1) is 5.82 Å². The highest BCUT2D eigenvalue weighted by Gasteiger charge is 2.24. The molecule has 0 bridgehead atoms. The molecule has 0 aromatic heterocycles. The molecule has 2 aromatic rings. The van der Waals surface area contributed by atoms with E-state index < -0.39 is 5.97 Å². The molecule has 3 rings (SSSR count). The van der Waals surface area contributed by atoms with Gasteiger partial charge in [-0.2, -0.15) is 0 Å². The predicted octanol–water partition coefficient (Wildman–Crippen LogP) is 4.51. The number of rotatable bonds is 6. The van der Waals surface area contributed by atoms with Gasteiger partial charge in [-0.3, -0.25) is 0 Å². The van der Waals surface area contributed by atoms with Crippen molar-refractivity contribution in [3.63, 3.8) is 0 Å². The Morgan fingerprint density at radius 1 is 1.30 bits per heavy atom. The molecule has 0 fully saturated rings. The standard InChI is InChI=1S/C20H15BrFNO4/c1-3-8-26-18-15(21)9-12(11-17(18)25-2)10-16-20(24)27-19(23-16)13-4-6-14(22)7-5-13/h3-7,9-11H,1,8H2,2H3/b16-10-. The first-order valence-electron chi connectivity index (χ1n) is 7.91. The minimum absolute atomic E-state index is 0.128. The summed E-state index contributed by atoms with van der Waals surface area (Å²) in [6, 6.07) is 9.03. The highest BCUT2D eigenvalue weighted by molar-refractivity contribution is 9.10. The molecule has 7 heteroatoms. The molecule has 0 saturated carbocycles. The molecular weight excluding hydrogens is 417 g/mol. The highest BCUT2D eigenvalue weighted by atomic mass is 79.9. The fraction of sp³-hybridized carbons (Fsp3) is 0.100. The summed E-state index contributed by atoms with van der Waals surface area (Å²) < 4.78 is 29.8. The number of cyclic esters (lactones) is 1. The Morgan fingerprint density at radius 3 is 2.70 bits per heavy atom. The summed E-state index contributed by atoms with van der Waals surface area (Å²) in [5.74, 6) is 0.186. The predicted molar refractivity (Wildman–Crippen MR) is 103 cm³/mol. The number of aliphatic imine (C=N–C) groups is 1. The maximum Gasteiger partial charge on any atom is 0.363 e. The van der Waals surface area contributed by atoms with E-state index in [1.54, 1.807) is 24.3 Å². The lowest BCUT2D eigenvalue weighted by Gasteiger charge is -2.12. The van der Waals surface area contributed by atoms with Gasteiger partial charge in [-0.1, -0.05) is 12.7 Å². The number of methoxy groups -OCH3 is 1. The molecule has 5 nitrogen and oxygen atoms in total. The van der Waals surface area contributed by atoms with Crippen molar-refractivity contribution in [2.45, 2.75) is 0 Å².